The molecule has 0 aliphatic heterocycles. The van der Waals surface area contributed by atoms with Crippen molar-refractivity contribution in [1.29, 1.82) is 0 Å². The van der Waals surface area contributed by atoms with Gasteiger partial charge in [0.2, 0.25) is 5.56 Å². The van der Waals surface area contributed by atoms with Crippen LogP contribution in [0.4, 0.5) is 0 Å². The molecular formula is C20H26N2O2. The van der Waals surface area contributed by atoms with Crippen LogP contribution < -0.4 is 15.6 Å². The smallest absolute Gasteiger partial charge is 0.250 e. The molecule has 3 rings (SSSR count). The summed E-state index contributed by atoms with van der Waals surface area (Å²) >= 11 is 0. The molecule has 1 atom stereocenters. The molecule has 1 unspecified atom stereocenters. The normalized spacial score (nSPS) is 16.6. The van der Waals surface area contributed by atoms with E-state index in [4.69, 9.17) is 4.74 Å². The summed E-state index contributed by atoms with van der Waals surface area (Å²) in [6, 6.07) is 12.2. The second-order valence-corrected chi connectivity index (χ2v) is 6.40. The molecule has 0 fully saturated rings. The maximum Gasteiger partial charge on any atom is 0.250 e. The highest BCUT2D eigenvalue weighted by molar-refractivity contribution is 5.39. The van der Waals surface area contributed by atoms with Crippen molar-refractivity contribution in [3.05, 3.63) is 64.1 Å². The van der Waals surface area contributed by atoms with Crippen LogP contribution in [-0.2, 0) is 13.0 Å². The number of nitrogens with zero attached hydrogens (tertiary/aromatic N) is 1. The Kier molecular flexibility index (Phi) is 5.70. The summed E-state index contributed by atoms with van der Waals surface area (Å²) in [5.74, 6) is 0.947. The number of aryl methyl sites for hydroxylation is 2. The van der Waals surface area contributed by atoms with Crippen LogP contribution in [0.15, 0.2) is 47.4 Å². The molecule has 1 heterocycles. The van der Waals surface area contributed by atoms with Crippen molar-refractivity contribution in [3.63, 3.8) is 0 Å². The van der Waals surface area contributed by atoms with Crippen molar-refractivity contribution in [2.24, 2.45) is 0 Å². The highest BCUT2D eigenvalue weighted by Gasteiger charge is 2.19. The molecule has 128 valence electrons. The van der Waals surface area contributed by atoms with E-state index in [9.17, 15) is 4.79 Å². The van der Waals surface area contributed by atoms with Crippen molar-refractivity contribution in [2.75, 3.05) is 13.7 Å². The van der Waals surface area contributed by atoms with Gasteiger partial charge in [0, 0.05) is 24.8 Å². The number of methoxy groups -OCH3 is 1. The molecule has 1 aliphatic carbocycles. The number of fused-ring (bicyclic) bond motifs is 1. The molecule has 1 aromatic heterocycles. The van der Waals surface area contributed by atoms with Crippen LogP contribution in [0.2, 0.25) is 0 Å². The first kappa shape index (κ1) is 16.8. The van der Waals surface area contributed by atoms with Crippen LogP contribution in [0.25, 0.3) is 0 Å². The summed E-state index contributed by atoms with van der Waals surface area (Å²) in [7, 11) is 1.72. The average Bonchev–Trinajstić information content (AvgIpc) is 2.62. The Balaban J connectivity index is 1.48. The third kappa shape index (κ3) is 4.06. The van der Waals surface area contributed by atoms with Gasteiger partial charge < -0.3 is 14.6 Å². The average molecular weight is 326 g/mol. The first-order valence-electron chi connectivity index (χ1n) is 8.83. The van der Waals surface area contributed by atoms with Crippen molar-refractivity contribution in [2.45, 2.75) is 44.7 Å². The van der Waals surface area contributed by atoms with Crippen molar-refractivity contribution < 1.29 is 4.74 Å². The standard InChI is InChI=1S/C20H26N2O2/c1-24-17-10-11-18-16(15-17)7-6-8-19(18)21-12-3-5-14-22-13-4-2-9-20(22)23/h2,4,9-11,13,15,19,21H,3,5-8,12,14H2,1H3. The van der Waals surface area contributed by atoms with Gasteiger partial charge in [-0.25, -0.2) is 0 Å². The second-order valence-electron chi connectivity index (χ2n) is 6.40. The molecule has 0 spiro atoms. The zero-order chi connectivity index (χ0) is 16.8. The van der Waals surface area contributed by atoms with E-state index < -0.39 is 0 Å². The molecule has 4 nitrogen and oxygen atoms in total. The van der Waals surface area contributed by atoms with Gasteiger partial charge in [-0.2, -0.15) is 0 Å². The molecule has 0 radical (unpaired) electrons. The van der Waals surface area contributed by atoms with E-state index in [0.717, 1.165) is 38.1 Å². The number of unbranched alkanes of at least 4 members (excludes halogenated alkanes) is 1. The number of pyridine rings is 1. The molecule has 1 aromatic carbocycles. The molecule has 0 saturated carbocycles. The molecule has 0 amide bonds. The van der Waals surface area contributed by atoms with Gasteiger partial charge in [-0.15, -0.1) is 0 Å². The molecule has 0 bridgehead atoms. The third-order valence-corrected chi connectivity index (χ3v) is 4.78. The monoisotopic (exact) mass is 326 g/mol. The van der Waals surface area contributed by atoms with Crippen LogP contribution in [0.5, 0.6) is 5.75 Å². The lowest BCUT2D eigenvalue weighted by atomic mass is 9.87. The number of ether oxygens (including phenoxy) is 1. The first-order chi connectivity index (χ1) is 11.8. The Labute approximate surface area is 143 Å². The van der Waals surface area contributed by atoms with Gasteiger partial charge in [-0.05, 0) is 68.0 Å². The van der Waals surface area contributed by atoms with E-state index in [1.807, 2.05) is 12.3 Å². The summed E-state index contributed by atoms with van der Waals surface area (Å²) in [6.07, 6.45) is 7.50. The molecule has 2 aromatic rings. The molecule has 1 aliphatic rings. The molecule has 24 heavy (non-hydrogen) atoms. The first-order valence-corrected chi connectivity index (χ1v) is 8.83. The Morgan fingerprint density at radius 1 is 1.25 bits per heavy atom. The van der Waals surface area contributed by atoms with Gasteiger partial charge >= 0.3 is 0 Å². The van der Waals surface area contributed by atoms with Gasteiger partial charge in [0.25, 0.3) is 0 Å². The van der Waals surface area contributed by atoms with Crippen molar-refractivity contribution >= 4 is 0 Å². The van der Waals surface area contributed by atoms with Gasteiger partial charge in [-0.3, -0.25) is 4.79 Å². The molecule has 1 N–H and O–H groups in total. The Morgan fingerprint density at radius 2 is 2.17 bits per heavy atom. The van der Waals surface area contributed by atoms with Gasteiger partial charge in [0.05, 0.1) is 7.11 Å². The van der Waals surface area contributed by atoms with E-state index in [-0.39, 0.29) is 5.56 Å². The minimum absolute atomic E-state index is 0.0839. The number of hydrogen-bond donors (Lipinski definition) is 1. The summed E-state index contributed by atoms with van der Waals surface area (Å²) in [5, 5.41) is 3.69. The number of benzene rings is 1. The Hall–Kier alpha value is -2.07. The molecule has 0 saturated heterocycles. The number of aromatic nitrogens is 1. The highest BCUT2D eigenvalue weighted by Crippen LogP contribution is 2.32. The van der Waals surface area contributed by atoms with Crippen molar-refractivity contribution in [1.82, 2.24) is 9.88 Å². The van der Waals surface area contributed by atoms with E-state index in [2.05, 4.69) is 23.5 Å². The van der Waals surface area contributed by atoms with Crippen molar-refractivity contribution in [3.8, 4) is 5.75 Å². The molecular weight excluding hydrogens is 300 g/mol. The summed E-state index contributed by atoms with van der Waals surface area (Å²) in [4.78, 5) is 11.7. The zero-order valence-corrected chi connectivity index (χ0v) is 14.3. The van der Waals surface area contributed by atoms with E-state index >= 15 is 0 Å². The predicted molar refractivity (Wildman–Crippen MR) is 96.6 cm³/mol. The third-order valence-electron chi connectivity index (χ3n) is 4.78. The predicted octanol–water partition coefficient (Wildman–Crippen LogP) is 3.30. The number of nitrogens with one attached hydrogen (secondary N) is 1. The van der Waals surface area contributed by atoms with E-state index in [1.54, 1.807) is 23.8 Å². The summed E-state index contributed by atoms with van der Waals surface area (Å²) in [5.41, 5.74) is 2.91. The van der Waals surface area contributed by atoms with Crippen LogP contribution in [0.3, 0.4) is 0 Å². The number of rotatable bonds is 7. The second kappa shape index (κ2) is 8.15. The van der Waals surface area contributed by atoms with Crippen LogP contribution in [0, 0.1) is 0 Å². The van der Waals surface area contributed by atoms with Gasteiger partial charge in [0.1, 0.15) is 5.75 Å². The largest absolute Gasteiger partial charge is 0.497 e. The maximum atomic E-state index is 11.7. The quantitative estimate of drug-likeness (QED) is 0.794. The van der Waals surface area contributed by atoms with Crippen LogP contribution in [-0.4, -0.2) is 18.2 Å². The van der Waals surface area contributed by atoms with E-state index in [0.29, 0.717) is 6.04 Å². The minimum atomic E-state index is 0.0839. The SMILES string of the molecule is COc1ccc2c(c1)CCCC2NCCCCn1ccccc1=O. The zero-order valence-electron chi connectivity index (χ0n) is 14.3. The van der Waals surface area contributed by atoms with E-state index in [1.165, 1.54) is 24.0 Å². The lowest BCUT2D eigenvalue weighted by molar-refractivity contribution is 0.410. The van der Waals surface area contributed by atoms with Crippen LogP contribution in [0.1, 0.15) is 42.9 Å². The Morgan fingerprint density at radius 3 is 3.00 bits per heavy atom. The maximum absolute atomic E-state index is 11.7. The fourth-order valence-corrected chi connectivity index (χ4v) is 3.46. The van der Waals surface area contributed by atoms with Gasteiger partial charge in [-0.1, -0.05) is 12.1 Å². The lowest BCUT2D eigenvalue weighted by Gasteiger charge is -2.27. The van der Waals surface area contributed by atoms with Crippen LogP contribution >= 0.6 is 0 Å². The lowest BCUT2D eigenvalue weighted by Crippen LogP contribution is -2.26. The minimum Gasteiger partial charge on any atom is -0.497 e. The summed E-state index contributed by atoms with van der Waals surface area (Å²) in [6.45, 7) is 1.78. The van der Waals surface area contributed by atoms with Gasteiger partial charge in [0.15, 0.2) is 0 Å². The number of hydrogen-bond acceptors (Lipinski definition) is 3. The highest BCUT2D eigenvalue weighted by atomic mass is 16.5. The fraction of sp³-hybridized carbons (Fsp3) is 0.450. The fourth-order valence-electron chi connectivity index (χ4n) is 3.46. The summed E-state index contributed by atoms with van der Waals surface area (Å²) < 4.78 is 7.11. The topological polar surface area (TPSA) is 43.3 Å². The Bertz CT molecular complexity index is 724. The molecule has 4 heteroatoms.